The minimum Gasteiger partial charge on any atom is -0.384 e. The predicted octanol–water partition coefficient (Wildman–Crippen LogP) is 4.18. The second-order valence-electron chi connectivity index (χ2n) is 5.84. The number of ether oxygens (including phenoxy) is 1. The molecule has 2 nitrogen and oxygen atoms in total. The zero-order valence-electron chi connectivity index (χ0n) is 12.5. The molecule has 0 aromatic heterocycles. The van der Waals surface area contributed by atoms with Crippen LogP contribution in [0.1, 0.15) is 53.5 Å². The van der Waals surface area contributed by atoms with Crippen LogP contribution in [0.4, 0.5) is 0 Å². The smallest absolute Gasteiger partial charge is 0.104 e. The third-order valence-corrected chi connectivity index (χ3v) is 4.41. The molecule has 2 heteroatoms. The minimum absolute atomic E-state index is 0.557. The van der Waals surface area contributed by atoms with Gasteiger partial charge in [-0.15, -0.1) is 0 Å². The van der Waals surface area contributed by atoms with E-state index >= 15 is 0 Å². The molecule has 0 bridgehead atoms. The van der Waals surface area contributed by atoms with Crippen LogP contribution in [0.3, 0.4) is 0 Å². The van der Waals surface area contributed by atoms with E-state index in [1.807, 2.05) is 30.3 Å². The maximum Gasteiger partial charge on any atom is 0.104 e. The van der Waals surface area contributed by atoms with Crippen LogP contribution in [0.2, 0.25) is 0 Å². The highest BCUT2D eigenvalue weighted by atomic mass is 16.5. The van der Waals surface area contributed by atoms with Gasteiger partial charge in [-0.2, -0.15) is 0 Å². The Labute approximate surface area is 126 Å². The Kier molecular flexibility index (Phi) is 4.37. The zero-order valence-corrected chi connectivity index (χ0v) is 12.5. The highest BCUT2D eigenvalue weighted by Gasteiger charge is 2.24. The molecule has 110 valence electrons. The fourth-order valence-corrected chi connectivity index (χ4v) is 3.05. The first-order valence-corrected chi connectivity index (χ1v) is 7.64. The fraction of sp³-hybridized carbons (Fsp3) is 0.368. The molecular weight excluding hydrogens is 260 g/mol. The Morgan fingerprint density at radius 1 is 1.14 bits per heavy atom. The van der Waals surface area contributed by atoms with Crippen LogP contribution in [-0.2, 0) is 11.3 Å². The first-order valence-electron chi connectivity index (χ1n) is 7.64. The van der Waals surface area contributed by atoms with E-state index in [2.05, 4.69) is 18.2 Å². The number of hydrogen-bond donors (Lipinski definition) is 1. The Balaban J connectivity index is 1.91. The lowest BCUT2D eigenvalue weighted by Gasteiger charge is -2.29. The molecule has 2 aromatic carbocycles. The summed E-state index contributed by atoms with van der Waals surface area (Å²) in [5, 5.41) is 10.8. The Hall–Kier alpha value is -1.64. The van der Waals surface area contributed by atoms with E-state index in [0.29, 0.717) is 12.5 Å². The van der Waals surface area contributed by atoms with Crippen molar-refractivity contribution in [2.75, 3.05) is 7.11 Å². The van der Waals surface area contributed by atoms with E-state index in [1.54, 1.807) is 7.11 Å². The van der Waals surface area contributed by atoms with Gasteiger partial charge in [-0.25, -0.2) is 0 Å². The van der Waals surface area contributed by atoms with Crippen molar-refractivity contribution in [2.24, 2.45) is 0 Å². The van der Waals surface area contributed by atoms with Crippen LogP contribution in [0, 0.1) is 0 Å². The number of methoxy groups -OCH3 is 1. The molecule has 0 saturated heterocycles. The van der Waals surface area contributed by atoms with Gasteiger partial charge in [0.2, 0.25) is 0 Å². The lowest BCUT2D eigenvalue weighted by Crippen LogP contribution is -2.13. The molecule has 1 aliphatic carbocycles. The van der Waals surface area contributed by atoms with Crippen LogP contribution in [0.25, 0.3) is 0 Å². The van der Waals surface area contributed by atoms with Crippen molar-refractivity contribution in [3.05, 3.63) is 70.8 Å². The molecule has 1 unspecified atom stereocenters. The normalized spacial score (nSPS) is 16.5. The van der Waals surface area contributed by atoms with Gasteiger partial charge in [0.1, 0.15) is 6.10 Å². The topological polar surface area (TPSA) is 29.5 Å². The van der Waals surface area contributed by atoms with E-state index < -0.39 is 6.10 Å². The number of aliphatic hydroxyl groups is 1. The van der Waals surface area contributed by atoms with Gasteiger partial charge in [-0.3, -0.25) is 0 Å². The number of rotatable bonds is 5. The molecule has 0 amide bonds. The average Bonchev–Trinajstić information content (AvgIpc) is 2.46. The standard InChI is InChI=1S/C19H22O2/c1-21-13-14-6-4-9-16(12-14)19(20)18-11-3-2-10-17(18)15-7-5-8-15/h2-4,6,9-12,15,19-20H,5,7-8,13H2,1H3. The van der Waals surface area contributed by atoms with Crippen LogP contribution in [0.5, 0.6) is 0 Å². The summed E-state index contributed by atoms with van der Waals surface area (Å²) >= 11 is 0. The molecule has 3 rings (SSSR count). The third-order valence-electron chi connectivity index (χ3n) is 4.41. The molecule has 1 fully saturated rings. The van der Waals surface area contributed by atoms with E-state index in [9.17, 15) is 5.11 Å². The largest absolute Gasteiger partial charge is 0.384 e. The van der Waals surface area contributed by atoms with Gasteiger partial charge in [0.05, 0.1) is 6.61 Å². The summed E-state index contributed by atoms with van der Waals surface area (Å²) in [4.78, 5) is 0. The molecule has 0 spiro atoms. The first-order chi connectivity index (χ1) is 10.3. The fourth-order valence-electron chi connectivity index (χ4n) is 3.05. The van der Waals surface area contributed by atoms with E-state index in [4.69, 9.17) is 4.74 Å². The van der Waals surface area contributed by atoms with Crippen molar-refractivity contribution in [3.8, 4) is 0 Å². The van der Waals surface area contributed by atoms with E-state index in [1.165, 1.54) is 24.8 Å². The summed E-state index contributed by atoms with van der Waals surface area (Å²) in [5.74, 6) is 0.623. The molecule has 0 aliphatic heterocycles. The molecule has 1 saturated carbocycles. The van der Waals surface area contributed by atoms with Crippen molar-refractivity contribution < 1.29 is 9.84 Å². The summed E-state index contributed by atoms with van der Waals surface area (Å²) in [6.07, 6.45) is 3.23. The molecule has 21 heavy (non-hydrogen) atoms. The summed E-state index contributed by atoms with van der Waals surface area (Å²) < 4.78 is 5.18. The molecule has 1 aliphatic rings. The van der Waals surface area contributed by atoms with E-state index in [0.717, 1.165) is 16.7 Å². The van der Waals surface area contributed by atoms with Crippen molar-refractivity contribution in [1.29, 1.82) is 0 Å². The Bertz CT molecular complexity index is 602. The van der Waals surface area contributed by atoms with Gasteiger partial charge in [0.15, 0.2) is 0 Å². The van der Waals surface area contributed by atoms with Gasteiger partial charge in [-0.1, -0.05) is 55.0 Å². The summed E-state index contributed by atoms with van der Waals surface area (Å²) in [6.45, 7) is 0.574. The third kappa shape index (κ3) is 3.02. The quantitative estimate of drug-likeness (QED) is 0.891. The monoisotopic (exact) mass is 282 g/mol. The summed E-state index contributed by atoms with van der Waals surface area (Å²) in [7, 11) is 1.69. The predicted molar refractivity (Wildman–Crippen MR) is 84.3 cm³/mol. The maximum absolute atomic E-state index is 10.8. The molecule has 0 heterocycles. The number of benzene rings is 2. The Morgan fingerprint density at radius 3 is 2.67 bits per heavy atom. The van der Waals surface area contributed by atoms with Crippen molar-refractivity contribution in [3.63, 3.8) is 0 Å². The van der Waals surface area contributed by atoms with Crippen LogP contribution in [-0.4, -0.2) is 12.2 Å². The zero-order chi connectivity index (χ0) is 14.7. The van der Waals surface area contributed by atoms with Crippen molar-refractivity contribution in [2.45, 2.75) is 37.9 Å². The van der Waals surface area contributed by atoms with Gasteiger partial charge in [0.25, 0.3) is 0 Å². The van der Waals surface area contributed by atoms with Gasteiger partial charge in [0, 0.05) is 7.11 Å². The summed E-state index contributed by atoms with van der Waals surface area (Å²) in [6, 6.07) is 16.3. The molecule has 2 aromatic rings. The maximum atomic E-state index is 10.8. The van der Waals surface area contributed by atoms with Crippen molar-refractivity contribution >= 4 is 0 Å². The van der Waals surface area contributed by atoms with Gasteiger partial charge in [-0.05, 0) is 41.0 Å². The van der Waals surface area contributed by atoms with Crippen LogP contribution < -0.4 is 0 Å². The van der Waals surface area contributed by atoms with Crippen molar-refractivity contribution in [1.82, 2.24) is 0 Å². The SMILES string of the molecule is COCc1cccc(C(O)c2ccccc2C2CCC2)c1. The molecule has 1 N–H and O–H groups in total. The first kappa shape index (κ1) is 14.3. The highest BCUT2D eigenvalue weighted by molar-refractivity contribution is 5.39. The lowest BCUT2D eigenvalue weighted by atomic mass is 9.77. The number of hydrogen-bond acceptors (Lipinski definition) is 2. The van der Waals surface area contributed by atoms with E-state index in [-0.39, 0.29) is 0 Å². The number of aliphatic hydroxyl groups excluding tert-OH is 1. The summed E-state index contributed by atoms with van der Waals surface area (Å²) in [5.41, 5.74) is 4.40. The molecular formula is C19H22O2. The lowest BCUT2D eigenvalue weighted by molar-refractivity contribution is 0.184. The average molecular weight is 282 g/mol. The second kappa shape index (κ2) is 6.42. The highest BCUT2D eigenvalue weighted by Crippen LogP contribution is 2.40. The van der Waals surface area contributed by atoms with Gasteiger partial charge >= 0.3 is 0 Å². The molecule has 0 radical (unpaired) electrons. The second-order valence-corrected chi connectivity index (χ2v) is 5.84. The van der Waals surface area contributed by atoms with Crippen LogP contribution in [0.15, 0.2) is 48.5 Å². The molecule has 1 atom stereocenters. The van der Waals surface area contributed by atoms with Gasteiger partial charge < -0.3 is 9.84 Å². The minimum atomic E-state index is -0.557. The Morgan fingerprint density at radius 2 is 1.95 bits per heavy atom. The van der Waals surface area contributed by atoms with Crippen LogP contribution >= 0.6 is 0 Å².